The zero-order valence-corrected chi connectivity index (χ0v) is 16.6. The summed E-state index contributed by atoms with van der Waals surface area (Å²) in [6, 6.07) is 12.6. The molecule has 1 aromatic carbocycles. The summed E-state index contributed by atoms with van der Waals surface area (Å²) in [4.78, 5) is 11.7. The standard InChI is InChI=1S/C22H23N7O/c1-2-16(1)19-13-20(27-26-19)25-22-24-18(14-21-23-7-8-29(21)22)15-3-5-17(6-4-15)28-9-11-30-12-10-28/h3-8,13-14,16H,1-2,9-12H2,(H2,24,25,26,27). The van der Waals surface area contributed by atoms with Gasteiger partial charge in [-0.15, -0.1) is 0 Å². The van der Waals surface area contributed by atoms with Crippen molar-refractivity contribution < 1.29 is 4.74 Å². The Balaban J connectivity index is 1.31. The van der Waals surface area contributed by atoms with E-state index in [0.29, 0.717) is 11.9 Å². The Labute approximate surface area is 173 Å². The summed E-state index contributed by atoms with van der Waals surface area (Å²) in [5.41, 5.74) is 5.18. The zero-order valence-electron chi connectivity index (χ0n) is 16.6. The highest BCUT2D eigenvalue weighted by Crippen LogP contribution is 2.39. The third-order valence-electron chi connectivity index (χ3n) is 5.78. The van der Waals surface area contributed by atoms with Crippen molar-refractivity contribution in [2.24, 2.45) is 0 Å². The number of H-pyrrole nitrogens is 1. The summed E-state index contributed by atoms with van der Waals surface area (Å²) in [5, 5.41) is 10.9. The number of nitrogens with zero attached hydrogens (tertiary/aromatic N) is 5. The molecular weight excluding hydrogens is 378 g/mol. The van der Waals surface area contributed by atoms with Gasteiger partial charge in [-0.05, 0) is 25.0 Å². The van der Waals surface area contributed by atoms with E-state index in [-0.39, 0.29) is 0 Å². The minimum absolute atomic E-state index is 0.630. The summed E-state index contributed by atoms with van der Waals surface area (Å²) >= 11 is 0. The van der Waals surface area contributed by atoms with Crippen molar-refractivity contribution in [3.8, 4) is 11.3 Å². The van der Waals surface area contributed by atoms with Crippen molar-refractivity contribution in [3.05, 3.63) is 54.5 Å². The van der Waals surface area contributed by atoms with Crippen LogP contribution in [-0.2, 0) is 4.74 Å². The molecule has 8 nitrogen and oxygen atoms in total. The van der Waals surface area contributed by atoms with Crippen LogP contribution in [0.5, 0.6) is 0 Å². The van der Waals surface area contributed by atoms with Gasteiger partial charge in [-0.2, -0.15) is 5.10 Å². The number of aromatic nitrogens is 5. The number of nitrogens with one attached hydrogen (secondary N) is 2. The van der Waals surface area contributed by atoms with Crippen LogP contribution in [-0.4, -0.2) is 50.9 Å². The highest BCUT2D eigenvalue weighted by molar-refractivity contribution is 5.69. The molecule has 6 rings (SSSR count). The van der Waals surface area contributed by atoms with E-state index in [4.69, 9.17) is 9.72 Å². The summed E-state index contributed by atoms with van der Waals surface area (Å²) < 4.78 is 7.39. The van der Waals surface area contributed by atoms with Crippen LogP contribution >= 0.6 is 0 Å². The largest absolute Gasteiger partial charge is 0.378 e. The summed E-state index contributed by atoms with van der Waals surface area (Å²) in [5.74, 6) is 2.11. The molecule has 1 saturated carbocycles. The summed E-state index contributed by atoms with van der Waals surface area (Å²) in [6.45, 7) is 3.42. The van der Waals surface area contributed by atoms with Gasteiger partial charge < -0.3 is 15.0 Å². The van der Waals surface area contributed by atoms with E-state index < -0.39 is 0 Å². The van der Waals surface area contributed by atoms with Crippen LogP contribution in [0, 0.1) is 0 Å². The fourth-order valence-electron chi connectivity index (χ4n) is 3.94. The maximum atomic E-state index is 5.45. The van der Waals surface area contributed by atoms with Gasteiger partial charge >= 0.3 is 0 Å². The molecule has 3 aromatic heterocycles. The fourth-order valence-corrected chi connectivity index (χ4v) is 3.94. The summed E-state index contributed by atoms with van der Waals surface area (Å²) in [6.07, 6.45) is 6.17. The lowest BCUT2D eigenvalue weighted by Gasteiger charge is -2.28. The van der Waals surface area contributed by atoms with Crippen LogP contribution < -0.4 is 10.2 Å². The smallest absolute Gasteiger partial charge is 0.214 e. The second-order valence-electron chi connectivity index (χ2n) is 7.87. The molecule has 2 aliphatic rings. The Kier molecular flexibility index (Phi) is 4.16. The molecule has 1 aliphatic heterocycles. The van der Waals surface area contributed by atoms with E-state index in [1.165, 1.54) is 24.2 Å². The second kappa shape index (κ2) is 7.14. The van der Waals surface area contributed by atoms with Crippen LogP contribution in [0.2, 0.25) is 0 Å². The van der Waals surface area contributed by atoms with Gasteiger partial charge in [-0.3, -0.25) is 9.50 Å². The molecule has 1 aliphatic carbocycles. The molecule has 0 bridgehead atoms. The highest BCUT2D eigenvalue weighted by atomic mass is 16.5. The second-order valence-corrected chi connectivity index (χ2v) is 7.87. The molecular formula is C22H23N7O. The number of anilines is 3. The van der Waals surface area contributed by atoms with Crippen molar-refractivity contribution in [2.45, 2.75) is 18.8 Å². The van der Waals surface area contributed by atoms with Crippen LogP contribution in [0.3, 0.4) is 0 Å². The molecule has 2 fully saturated rings. The third kappa shape index (κ3) is 3.29. The number of ether oxygens (including phenoxy) is 1. The van der Waals surface area contributed by atoms with Crippen LogP contribution in [0.1, 0.15) is 24.5 Å². The molecule has 0 spiro atoms. The normalized spacial score (nSPS) is 16.9. The van der Waals surface area contributed by atoms with Gasteiger partial charge in [0.2, 0.25) is 5.95 Å². The Morgan fingerprint density at radius 3 is 2.70 bits per heavy atom. The van der Waals surface area contributed by atoms with Crippen molar-refractivity contribution in [3.63, 3.8) is 0 Å². The number of imidazole rings is 1. The molecule has 0 radical (unpaired) electrons. The molecule has 0 unspecified atom stereocenters. The Morgan fingerprint density at radius 2 is 1.90 bits per heavy atom. The lowest BCUT2D eigenvalue weighted by Crippen LogP contribution is -2.36. The summed E-state index contributed by atoms with van der Waals surface area (Å²) in [7, 11) is 0. The van der Waals surface area contributed by atoms with E-state index in [9.17, 15) is 0 Å². The van der Waals surface area contributed by atoms with Crippen molar-refractivity contribution in [2.75, 3.05) is 36.5 Å². The fraction of sp³-hybridized carbons (Fsp3) is 0.318. The van der Waals surface area contributed by atoms with Gasteiger partial charge in [0.1, 0.15) is 5.65 Å². The number of morpholine rings is 1. The van der Waals surface area contributed by atoms with Crippen LogP contribution in [0.4, 0.5) is 17.5 Å². The number of hydrogen-bond acceptors (Lipinski definition) is 6. The van der Waals surface area contributed by atoms with Gasteiger partial charge in [0.05, 0.1) is 18.9 Å². The first-order valence-corrected chi connectivity index (χ1v) is 10.4. The zero-order chi connectivity index (χ0) is 19.9. The highest BCUT2D eigenvalue weighted by Gasteiger charge is 2.25. The Bertz CT molecular complexity index is 1170. The van der Waals surface area contributed by atoms with E-state index in [2.05, 4.69) is 55.7 Å². The van der Waals surface area contributed by atoms with E-state index in [1.54, 1.807) is 6.20 Å². The van der Waals surface area contributed by atoms with Gasteiger partial charge in [0, 0.05) is 60.5 Å². The molecule has 4 aromatic rings. The average molecular weight is 401 g/mol. The number of fused-ring (bicyclic) bond motifs is 1. The first kappa shape index (κ1) is 17.5. The van der Waals surface area contributed by atoms with E-state index in [0.717, 1.165) is 49.0 Å². The monoisotopic (exact) mass is 401 g/mol. The predicted octanol–water partition coefficient (Wildman–Crippen LogP) is 3.58. The number of rotatable bonds is 5. The third-order valence-corrected chi connectivity index (χ3v) is 5.78. The first-order valence-electron chi connectivity index (χ1n) is 10.4. The van der Waals surface area contributed by atoms with Crippen molar-refractivity contribution in [1.82, 2.24) is 24.6 Å². The van der Waals surface area contributed by atoms with Gasteiger partial charge in [-0.1, -0.05) is 12.1 Å². The molecule has 8 heteroatoms. The van der Waals surface area contributed by atoms with Crippen LogP contribution in [0.25, 0.3) is 16.9 Å². The Morgan fingerprint density at radius 1 is 1.07 bits per heavy atom. The van der Waals surface area contributed by atoms with Gasteiger partial charge in [0.25, 0.3) is 0 Å². The average Bonchev–Trinajstić information content (AvgIpc) is 3.35. The topological polar surface area (TPSA) is 83.4 Å². The van der Waals surface area contributed by atoms with E-state index in [1.807, 2.05) is 16.7 Å². The maximum absolute atomic E-state index is 5.45. The lowest BCUT2D eigenvalue weighted by molar-refractivity contribution is 0.122. The molecule has 4 heterocycles. The van der Waals surface area contributed by atoms with Crippen molar-refractivity contribution in [1.29, 1.82) is 0 Å². The molecule has 152 valence electrons. The minimum Gasteiger partial charge on any atom is -0.378 e. The van der Waals surface area contributed by atoms with Crippen LogP contribution in [0.15, 0.2) is 48.8 Å². The molecule has 1 saturated heterocycles. The quantitative estimate of drug-likeness (QED) is 0.532. The maximum Gasteiger partial charge on any atom is 0.214 e. The van der Waals surface area contributed by atoms with Crippen molar-refractivity contribution >= 4 is 23.1 Å². The molecule has 30 heavy (non-hydrogen) atoms. The van der Waals surface area contributed by atoms with Gasteiger partial charge in [-0.25, -0.2) is 9.97 Å². The predicted molar refractivity (Wildman–Crippen MR) is 115 cm³/mol. The Hall–Kier alpha value is -3.39. The molecule has 2 N–H and O–H groups in total. The number of aromatic amines is 1. The molecule has 0 atom stereocenters. The first-order chi connectivity index (χ1) is 14.8. The number of benzene rings is 1. The lowest BCUT2D eigenvalue weighted by atomic mass is 10.1. The molecule has 0 amide bonds. The minimum atomic E-state index is 0.630. The van der Waals surface area contributed by atoms with E-state index >= 15 is 0 Å². The van der Waals surface area contributed by atoms with Gasteiger partial charge in [0.15, 0.2) is 5.82 Å². The number of hydrogen-bond donors (Lipinski definition) is 2. The SMILES string of the molecule is c1cn2c(Nc3cc(C4CC4)[nH]n3)nc(-c3ccc(N4CCOCC4)cc3)cc2n1.